The van der Waals surface area contributed by atoms with Crippen molar-refractivity contribution < 1.29 is 21.7 Å². The van der Waals surface area contributed by atoms with Crippen LogP contribution in [0.5, 0.6) is 0 Å². The van der Waals surface area contributed by atoms with E-state index in [0.717, 1.165) is 0 Å². The van der Waals surface area contributed by atoms with Gasteiger partial charge in [0.25, 0.3) is 10.1 Å². The van der Waals surface area contributed by atoms with E-state index >= 15 is 0 Å². The first-order valence-electron chi connectivity index (χ1n) is 8.83. The number of rotatable bonds is 7. The fourth-order valence-electron chi connectivity index (χ4n) is 2.86. The summed E-state index contributed by atoms with van der Waals surface area (Å²) in [7, 11) is -4.33. The van der Waals surface area contributed by atoms with E-state index < -0.39 is 21.2 Å². The zero-order valence-electron chi connectivity index (χ0n) is 16.4. The maximum Gasteiger partial charge on any atom is 0.294 e. The fourth-order valence-corrected chi connectivity index (χ4v) is 4.14. The van der Waals surface area contributed by atoms with Crippen molar-refractivity contribution in [3.63, 3.8) is 0 Å². The molecule has 3 aromatic rings. The summed E-state index contributed by atoms with van der Waals surface area (Å²) in [4.78, 5) is 14.2. The van der Waals surface area contributed by atoms with Crippen LogP contribution in [0, 0.1) is 6.92 Å². The minimum absolute atomic E-state index is 0.0842. The molecule has 0 aliphatic carbocycles. The minimum atomic E-state index is -4.33. The highest BCUT2D eigenvalue weighted by molar-refractivity contribution is 7.85. The molecule has 0 fully saturated rings. The molecule has 10 nitrogen and oxygen atoms in total. The molecule has 0 aliphatic rings. The topological polar surface area (TPSA) is 146 Å². The molecule has 0 amide bonds. The van der Waals surface area contributed by atoms with Crippen molar-refractivity contribution in [3.05, 3.63) is 53.3 Å². The van der Waals surface area contributed by atoms with Crippen molar-refractivity contribution >= 4 is 56.1 Å². The second-order valence-electron chi connectivity index (χ2n) is 6.30. The highest BCUT2D eigenvalue weighted by Gasteiger charge is 2.16. The molecule has 3 rings (SSSR count). The van der Waals surface area contributed by atoms with Crippen molar-refractivity contribution in [2.45, 2.75) is 23.6 Å². The van der Waals surface area contributed by atoms with Crippen LogP contribution >= 0.6 is 11.6 Å². The Kier molecular flexibility index (Phi) is 6.86. The number of nitrogens with zero attached hydrogens (tertiary/aromatic N) is 4. The molecule has 0 bridgehead atoms. The van der Waals surface area contributed by atoms with Gasteiger partial charge in [-0.05, 0) is 67.4 Å². The first-order chi connectivity index (χ1) is 14.6. The molecular formula is C18H18ClN5O5S2. The van der Waals surface area contributed by atoms with Gasteiger partial charge in [-0.25, -0.2) is 4.21 Å². The largest absolute Gasteiger partial charge is 0.324 e. The summed E-state index contributed by atoms with van der Waals surface area (Å²) >= 11 is 3.93. The molecule has 0 radical (unpaired) electrons. The molecular weight excluding hydrogens is 466 g/mol. The van der Waals surface area contributed by atoms with Crippen LogP contribution in [0.25, 0.3) is 0 Å². The molecule has 1 aromatic heterocycles. The lowest BCUT2D eigenvalue weighted by Crippen LogP contribution is -2.20. The number of hydrogen-bond acceptors (Lipinski definition) is 8. The van der Waals surface area contributed by atoms with Gasteiger partial charge in [0.1, 0.15) is 0 Å². The van der Waals surface area contributed by atoms with Crippen LogP contribution in [-0.4, -0.2) is 43.2 Å². The zero-order chi connectivity index (χ0) is 22.8. The van der Waals surface area contributed by atoms with Gasteiger partial charge in [0.2, 0.25) is 17.2 Å². The first kappa shape index (κ1) is 23.0. The van der Waals surface area contributed by atoms with Crippen LogP contribution in [0.4, 0.5) is 23.3 Å². The van der Waals surface area contributed by atoms with Crippen LogP contribution in [0.1, 0.15) is 12.5 Å². The molecule has 1 atom stereocenters. The van der Waals surface area contributed by atoms with Crippen LogP contribution in [0.15, 0.2) is 52.3 Å². The number of benzene rings is 2. The second kappa shape index (κ2) is 9.24. The quantitative estimate of drug-likeness (QED) is 0.336. The fraction of sp³-hybridized carbons (Fsp3) is 0.167. The highest BCUT2D eigenvalue weighted by atomic mass is 35.5. The Labute approximate surface area is 186 Å². The van der Waals surface area contributed by atoms with E-state index in [9.17, 15) is 21.7 Å². The van der Waals surface area contributed by atoms with Crippen LogP contribution in [0.2, 0.25) is 5.28 Å². The monoisotopic (exact) mass is 483 g/mol. The third kappa shape index (κ3) is 5.54. The van der Waals surface area contributed by atoms with Crippen molar-refractivity contribution in [2.24, 2.45) is 0 Å². The van der Waals surface area contributed by atoms with Crippen LogP contribution in [0.3, 0.4) is 0 Å². The van der Waals surface area contributed by atoms with Gasteiger partial charge in [0, 0.05) is 17.9 Å². The Morgan fingerprint density at radius 2 is 1.90 bits per heavy atom. The third-order valence-corrected chi connectivity index (χ3v) is 6.03. The van der Waals surface area contributed by atoms with E-state index in [-0.39, 0.29) is 27.0 Å². The van der Waals surface area contributed by atoms with E-state index in [1.165, 1.54) is 31.2 Å². The lowest BCUT2D eigenvalue weighted by atomic mass is 10.2. The lowest BCUT2D eigenvalue weighted by Gasteiger charge is -2.21. The molecule has 2 aromatic carbocycles. The van der Waals surface area contributed by atoms with Crippen LogP contribution in [-0.2, 0) is 21.2 Å². The molecule has 0 aliphatic heterocycles. The molecule has 13 heteroatoms. The highest BCUT2D eigenvalue weighted by Crippen LogP contribution is 2.27. The number of aromatic nitrogens is 3. The van der Waals surface area contributed by atoms with Crippen molar-refractivity contribution in [1.29, 1.82) is 0 Å². The van der Waals surface area contributed by atoms with Crippen molar-refractivity contribution in [1.82, 2.24) is 15.0 Å². The minimum Gasteiger partial charge on any atom is -0.324 e. The van der Waals surface area contributed by atoms with Gasteiger partial charge in [-0.2, -0.15) is 23.4 Å². The van der Waals surface area contributed by atoms with E-state index in [1.807, 2.05) is 6.92 Å². The molecule has 0 saturated heterocycles. The van der Waals surface area contributed by atoms with Gasteiger partial charge in [-0.1, -0.05) is 6.07 Å². The average molecular weight is 484 g/mol. The predicted molar refractivity (Wildman–Crippen MR) is 117 cm³/mol. The molecule has 1 unspecified atom stereocenters. The summed E-state index contributed by atoms with van der Waals surface area (Å²) in [5.41, 5.74) is 1.39. The van der Waals surface area contributed by atoms with Gasteiger partial charge < -0.3 is 14.8 Å². The maximum absolute atomic E-state index is 11.4. The number of nitrogens with one attached hydrogen (secondary N) is 1. The van der Waals surface area contributed by atoms with Crippen LogP contribution < -0.4 is 10.2 Å². The molecule has 0 saturated carbocycles. The molecule has 164 valence electrons. The van der Waals surface area contributed by atoms with Gasteiger partial charge in [0.15, 0.2) is 11.1 Å². The Hall–Kier alpha value is -2.64. The van der Waals surface area contributed by atoms with E-state index in [2.05, 4.69) is 20.3 Å². The normalized spacial score (nSPS) is 12.4. The number of anilines is 4. The smallest absolute Gasteiger partial charge is 0.294 e. The average Bonchev–Trinajstić information content (AvgIpc) is 2.67. The third-order valence-electron chi connectivity index (χ3n) is 4.19. The van der Waals surface area contributed by atoms with E-state index in [4.69, 9.17) is 11.6 Å². The number of aryl methyl sites for hydroxylation is 1. The molecule has 31 heavy (non-hydrogen) atoms. The molecule has 3 N–H and O–H groups in total. The number of hydrogen-bond donors (Lipinski definition) is 3. The SMILES string of the molecule is CCN(c1cccc(S(=O)O)c1)c1nc(Cl)nc(Nc2ccc(S(=O)(=O)O)c(C)c2)n1. The van der Waals surface area contributed by atoms with Crippen molar-refractivity contribution in [2.75, 3.05) is 16.8 Å². The van der Waals surface area contributed by atoms with Gasteiger partial charge >= 0.3 is 0 Å². The van der Waals surface area contributed by atoms with Gasteiger partial charge in [-0.15, -0.1) is 0 Å². The summed E-state index contributed by atoms with van der Waals surface area (Å²) in [6.07, 6.45) is 0. The first-order valence-corrected chi connectivity index (χ1v) is 11.8. The lowest BCUT2D eigenvalue weighted by molar-refractivity contribution is 0.482. The van der Waals surface area contributed by atoms with Crippen molar-refractivity contribution in [3.8, 4) is 0 Å². The van der Waals surface area contributed by atoms with Gasteiger partial charge in [-0.3, -0.25) is 4.55 Å². The second-order valence-corrected chi connectivity index (χ2v) is 9.00. The molecule has 1 heterocycles. The summed E-state index contributed by atoms with van der Waals surface area (Å²) < 4.78 is 52.7. The maximum atomic E-state index is 11.4. The predicted octanol–water partition coefficient (Wildman–Crippen LogP) is 3.56. The van der Waals surface area contributed by atoms with Gasteiger partial charge in [0.05, 0.1) is 9.79 Å². The number of halogens is 1. The summed E-state index contributed by atoms with van der Waals surface area (Å²) in [5.74, 6) is 0.312. The summed E-state index contributed by atoms with van der Waals surface area (Å²) in [6.45, 7) is 3.82. The van der Waals surface area contributed by atoms with E-state index in [1.54, 1.807) is 23.1 Å². The Bertz CT molecular complexity index is 1260. The Morgan fingerprint density at radius 1 is 1.16 bits per heavy atom. The Morgan fingerprint density at radius 3 is 2.52 bits per heavy atom. The molecule has 0 spiro atoms. The van der Waals surface area contributed by atoms with E-state index in [0.29, 0.717) is 23.5 Å². The summed E-state index contributed by atoms with van der Waals surface area (Å²) in [5, 5.41) is 2.84. The standard InChI is InChI=1S/C18H18ClN5O5S2/c1-3-24(13-5-4-6-14(10-13)30(25)26)18-22-16(19)21-17(23-18)20-12-7-8-15(11(2)9-12)31(27,28)29/h4-10H,3H2,1-2H3,(H,25,26)(H,27,28,29)(H,20,21,22,23). The summed E-state index contributed by atoms with van der Waals surface area (Å²) in [6, 6.07) is 10.7. The Balaban J connectivity index is 1.95. The zero-order valence-corrected chi connectivity index (χ0v) is 18.7.